The molecule has 32 heavy (non-hydrogen) atoms. The van der Waals surface area contributed by atoms with Crippen LogP contribution >= 0.6 is 0 Å². The third-order valence-corrected chi connectivity index (χ3v) is 5.56. The minimum absolute atomic E-state index is 0.0894. The Hall–Kier alpha value is -3.76. The summed E-state index contributed by atoms with van der Waals surface area (Å²) in [5, 5.41) is 13.9. The molecule has 9 nitrogen and oxygen atoms in total. The average molecular weight is 452 g/mol. The number of fused-ring (bicyclic) bond motifs is 1. The Morgan fingerprint density at radius 3 is 2.69 bits per heavy atom. The lowest BCUT2D eigenvalue weighted by Crippen LogP contribution is -2.26. The van der Waals surface area contributed by atoms with Gasteiger partial charge in [0.25, 0.3) is 0 Å². The van der Waals surface area contributed by atoms with Crippen LogP contribution in [0.5, 0.6) is 11.6 Å². The number of benzene rings is 2. The molecule has 0 aliphatic heterocycles. The Bertz CT molecular complexity index is 1340. The quantitative estimate of drug-likeness (QED) is 0.390. The van der Waals surface area contributed by atoms with Crippen LogP contribution in [0.1, 0.15) is 5.56 Å². The number of hydrogen-bond acceptors (Lipinski definition) is 7. The molecule has 164 valence electrons. The van der Waals surface area contributed by atoms with Crippen molar-refractivity contribution in [1.82, 2.24) is 24.5 Å². The van der Waals surface area contributed by atoms with E-state index in [4.69, 9.17) is 9.47 Å². The van der Waals surface area contributed by atoms with Crippen molar-refractivity contribution in [3.05, 3.63) is 77.7 Å². The highest BCUT2D eigenvalue weighted by molar-refractivity contribution is 7.92. The molecule has 4 rings (SSSR count). The molecular weight excluding hydrogens is 430 g/mol. The molecule has 0 spiro atoms. The van der Waals surface area contributed by atoms with Crippen LogP contribution in [0.25, 0.3) is 23.1 Å². The summed E-state index contributed by atoms with van der Waals surface area (Å²) in [6.07, 6.45) is 1.53. The van der Waals surface area contributed by atoms with E-state index in [9.17, 15) is 8.42 Å². The zero-order chi connectivity index (χ0) is 22.4. The van der Waals surface area contributed by atoms with E-state index in [1.54, 1.807) is 23.8 Å². The van der Waals surface area contributed by atoms with Gasteiger partial charge in [-0.15, -0.1) is 15.3 Å². The summed E-state index contributed by atoms with van der Waals surface area (Å²) in [4.78, 5) is 0. The van der Waals surface area contributed by atoms with E-state index in [0.29, 0.717) is 23.1 Å². The Labute approximate surface area is 185 Å². The number of ether oxygens (including phenoxy) is 2. The predicted octanol–water partition coefficient (Wildman–Crippen LogP) is 2.77. The van der Waals surface area contributed by atoms with Crippen LogP contribution in [0, 0.1) is 0 Å². The van der Waals surface area contributed by atoms with Crippen LogP contribution in [0.2, 0.25) is 0 Å². The van der Waals surface area contributed by atoms with Crippen molar-refractivity contribution in [1.29, 1.82) is 0 Å². The Kier molecular flexibility index (Phi) is 6.43. The monoisotopic (exact) mass is 451 g/mol. The SMILES string of the molecule is COc1cccc(-c2nnc3ccc(OCCNS(=O)(=O)/C=C/c4ccccc4)nn23)c1. The van der Waals surface area contributed by atoms with Gasteiger partial charge in [0.15, 0.2) is 11.5 Å². The van der Waals surface area contributed by atoms with E-state index >= 15 is 0 Å². The van der Waals surface area contributed by atoms with Crippen LogP contribution in [0.4, 0.5) is 0 Å². The minimum atomic E-state index is -3.58. The highest BCUT2D eigenvalue weighted by Gasteiger charge is 2.11. The van der Waals surface area contributed by atoms with Gasteiger partial charge in [0.2, 0.25) is 15.9 Å². The van der Waals surface area contributed by atoms with Gasteiger partial charge in [0.1, 0.15) is 12.4 Å². The lowest BCUT2D eigenvalue weighted by Gasteiger charge is -2.07. The van der Waals surface area contributed by atoms with Crippen LogP contribution < -0.4 is 14.2 Å². The fraction of sp³-hybridized carbons (Fsp3) is 0.136. The third kappa shape index (κ3) is 5.29. The second-order valence-electron chi connectivity index (χ2n) is 6.70. The Morgan fingerprint density at radius 2 is 1.88 bits per heavy atom. The lowest BCUT2D eigenvalue weighted by atomic mass is 10.2. The van der Waals surface area contributed by atoms with Crippen LogP contribution in [0.15, 0.2) is 72.1 Å². The molecule has 0 unspecified atom stereocenters. The van der Waals surface area contributed by atoms with Crippen molar-refractivity contribution in [2.45, 2.75) is 0 Å². The molecule has 2 aromatic heterocycles. The predicted molar refractivity (Wildman–Crippen MR) is 121 cm³/mol. The first-order valence-electron chi connectivity index (χ1n) is 9.76. The molecule has 0 aliphatic carbocycles. The van der Waals surface area contributed by atoms with Gasteiger partial charge in [-0.1, -0.05) is 42.5 Å². The summed E-state index contributed by atoms with van der Waals surface area (Å²) < 4.78 is 39.1. The van der Waals surface area contributed by atoms with Crippen molar-refractivity contribution in [3.63, 3.8) is 0 Å². The second kappa shape index (κ2) is 9.58. The van der Waals surface area contributed by atoms with Gasteiger partial charge in [0.05, 0.1) is 7.11 Å². The molecule has 0 aliphatic rings. The fourth-order valence-corrected chi connectivity index (χ4v) is 3.71. The summed E-state index contributed by atoms with van der Waals surface area (Å²) in [6.45, 7) is 0.194. The van der Waals surface area contributed by atoms with Crippen LogP contribution in [-0.2, 0) is 10.0 Å². The smallest absolute Gasteiger partial charge is 0.233 e. The second-order valence-corrected chi connectivity index (χ2v) is 8.35. The van der Waals surface area contributed by atoms with E-state index in [1.165, 1.54) is 6.08 Å². The first-order chi connectivity index (χ1) is 15.5. The molecule has 0 saturated carbocycles. The molecule has 0 saturated heterocycles. The molecular formula is C22H21N5O4S. The van der Waals surface area contributed by atoms with Crippen molar-refractivity contribution in [2.75, 3.05) is 20.3 Å². The average Bonchev–Trinajstić information content (AvgIpc) is 3.25. The number of hydrogen-bond donors (Lipinski definition) is 1. The highest BCUT2D eigenvalue weighted by Crippen LogP contribution is 2.23. The number of aromatic nitrogens is 4. The number of methoxy groups -OCH3 is 1. The molecule has 0 bridgehead atoms. The third-order valence-electron chi connectivity index (χ3n) is 4.46. The zero-order valence-electron chi connectivity index (χ0n) is 17.2. The maximum atomic E-state index is 12.1. The molecule has 1 N–H and O–H groups in total. The summed E-state index contributed by atoms with van der Waals surface area (Å²) in [5.74, 6) is 1.55. The minimum Gasteiger partial charge on any atom is -0.497 e. The summed E-state index contributed by atoms with van der Waals surface area (Å²) in [5.41, 5.74) is 2.15. The van der Waals surface area contributed by atoms with Crippen LogP contribution in [0.3, 0.4) is 0 Å². The highest BCUT2D eigenvalue weighted by atomic mass is 32.2. The molecule has 10 heteroatoms. The normalized spacial score (nSPS) is 11.8. The van der Waals surface area contributed by atoms with E-state index in [1.807, 2.05) is 54.6 Å². The van der Waals surface area contributed by atoms with E-state index < -0.39 is 10.0 Å². The number of nitrogens with one attached hydrogen (secondary N) is 1. The standard InChI is InChI=1S/C22H21N5O4S/c1-30-19-9-5-8-18(16-19)22-25-24-20-10-11-21(26-27(20)22)31-14-13-23-32(28,29)15-12-17-6-3-2-4-7-17/h2-12,15-16,23H,13-14H2,1H3/b15-12+. The molecule has 0 fully saturated rings. The maximum Gasteiger partial charge on any atom is 0.233 e. The van der Waals surface area contributed by atoms with Gasteiger partial charge >= 0.3 is 0 Å². The van der Waals surface area contributed by atoms with E-state index in [2.05, 4.69) is 20.0 Å². The van der Waals surface area contributed by atoms with Crippen molar-refractivity contribution >= 4 is 21.7 Å². The van der Waals surface area contributed by atoms with E-state index in [-0.39, 0.29) is 13.2 Å². The fourth-order valence-electron chi connectivity index (χ4n) is 2.91. The first-order valence-corrected chi connectivity index (χ1v) is 11.3. The largest absolute Gasteiger partial charge is 0.497 e. The van der Waals surface area contributed by atoms with Gasteiger partial charge in [-0.2, -0.15) is 4.52 Å². The Morgan fingerprint density at radius 1 is 1.03 bits per heavy atom. The molecule has 0 radical (unpaired) electrons. The summed E-state index contributed by atoms with van der Waals surface area (Å²) in [6, 6.07) is 20.0. The van der Waals surface area contributed by atoms with Crippen LogP contribution in [-0.4, -0.2) is 48.5 Å². The van der Waals surface area contributed by atoms with Gasteiger partial charge in [-0.25, -0.2) is 13.1 Å². The number of nitrogens with zero attached hydrogens (tertiary/aromatic N) is 4. The Balaban J connectivity index is 1.39. The molecule has 0 atom stereocenters. The topological polar surface area (TPSA) is 108 Å². The van der Waals surface area contributed by atoms with Crippen molar-refractivity contribution < 1.29 is 17.9 Å². The van der Waals surface area contributed by atoms with E-state index in [0.717, 1.165) is 16.5 Å². The zero-order valence-corrected chi connectivity index (χ0v) is 18.1. The molecule has 2 aromatic carbocycles. The van der Waals surface area contributed by atoms with Gasteiger partial charge in [-0.3, -0.25) is 0 Å². The maximum absolute atomic E-state index is 12.1. The molecule has 0 amide bonds. The van der Waals surface area contributed by atoms with Crippen molar-refractivity contribution in [2.24, 2.45) is 0 Å². The van der Waals surface area contributed by atoms with Gasteiger partial charge in [0, 0.05) is 23.6 Å². The number of rotatable bonds is 9. The number of sulfonamides is 1. The summed E-state index contributed by atoms with van der Waals surface area (Å²) in [7, 11) is -1.98. The summed E-state index contributed by atoms with van der Waals surface area (Å²) >= 11 is 0. The lowest BCUT2D eigenvalue weighted by molar-refractivity contribution is 0.306. The molecule has 2 heterocycles. The molecule has 4 aromatic rings. The van der Waals surface area contributed by atoms with Crippen molar-refractivity contribution in [3.8, 4) is 23.0 Å². The van der Waals surface area contributed by atoms with Gasteiger partial charge < -0.3 is 9.47 Å². The first kappa shape index (κ1) is 21.5. The van der Waals surface area contributed by atoms with Gasteiger partial charge in [-0.05, 0) is 29.8 Å².